The monoisotopic (exact) mass is 262 g/mol. The molecule has 0 aromatic carbocycles. The molecular formula is C16H26N2O. The molecule has 0 saturated heterocycles. The summed E-state index contributed by atoms with van der Waals surface area (Å²) in [5.41, 5.74) is 1.23. The first-order valence-electron chi connectivity index (χ1n) is 7.54. The van der Waals surface area contributed by atoms with Gasteiger partial charge in [0.25, 0.3) is 0 Å². The highest BCUT2D eigenvalue weighted by Gasteiger charge is 2.25. The number of rotatable bonds is 5. The zero-order valence-electron chi connectivity index (χ0n) is 12.4. The number of nitrogens with one attached hydrogen (secondary N) is 1. The number of hydrogen-bond donors (Lipinski definition) is 1. The average Bonchev–Trinajstić information content (AvgIpc) is 2.47. The Morgan fingerprint density at radius 1 is 1.42 bits per heavy atom. The molecule has 1 N–H and O–H groups in total. The highest BCUT2D eigenvalue weighted by molar-refractivity contribution is 5.23. The molecule has 1 saturated carbocycles. The Bertz CT molecular complexity index is 394. The first-order chi connectivity index (χ1) is 9.24. The van der Waals surface area contributed by atoms with Crippen molar-refractivity contribution < 1.29 is 4.74 Å². The van der Waals surface area contributed by atoms with E-state index in [4.69, 9.17) is 4.74 Å². The molecule has 1 aromatic heterocycles. The number of hydrogen-bond acceptors (Lipinski definition) is 3. The molecule has 2 rings (SSSR count). The van der Waals surface area contributed by atoms with E-state index in [9.17, 15) is 0 Å². The van der Waals surface area contributed by atoms with Crippen molar-refractivity contribution in [3.8, 4) is 5.88 Å². The maximum atomic E-state index is 6.16. The summed E-state index contributed by atoms with van der Waals surface area (Å²) in [6.45, 7) is 4.41. The van der Waals surface area contributed by atoms with Crippen LogP contribution in [0.5, 0.6) is 5.88 Å². The van der Waals surface area contributed by atoms with Gasteiger partial charge in [0.2, 0.25) is 5.88 Å². The Hall–Kier alpha value is -1.09. The molecule has 3 unspecified atom stereocenters. The maximum Gasteiger partial charge on any atom is 0.213 e. The standard InChI is InChI=1S/C16H26N2O/c1-4-13-7-5-6-8-15(13)19-16-11-14(9-10-18-16)12(2)17-3/h9-13,15,17H,4-8H2,1-3H3. The predicted molar refractivity (Wildman–Crippen MR) is 78.4 cm³/mol. The van der Waals surface area contributed by atoms with E-state index < -0.39 is 0 Å². The topological polar surface area (TPSA) is 34.1 Å². The van der Waals surface area contributed by atoms with Crippen molar-refractivity contribution >= 4 is 0 Å². The summed E-state index contributed by atoms with van der Waals surface area (Å²) in [6, 6.07) is 4.45. The second-order valence-electron chi connectivity index (χ2n) is 5.55. The van der Waals surface area contributed by atoms with E-state index in [0.29, 0.717) is 18.1 Å². The fraction of sp³-hybridized carbons (Fsp3) is 0.688. The van der Waals surface area contributed by atoms with Crippen LogP contribution in [0.1, 0.15) is 57.6 Å². The highest BCUT2D eigenvalue weighted by atomic mass is 16.5. The van der Waals surface area contributed by atoms with Crippen LogP contribution < -0.4 is 10.1 Å². The van der Waals surface area contributed by atoms with E-state index in [1.54, 1.807) is 0 Å². The summed E-state index contributed by atoms with van der Waals surface area (Å²) in [5.74, 6) is 1.48. The van der Waals surface area contributed by atoms with Gasteiger partial charge in [-0.25, -0.2) is 4.98 Å². The van der Waals surface area contributed by atoms with E-state index in [1.807, 2.05) is 19.3 Å². The Morgan fingerprint density at radius 3 is 2.95 bits per heavy atom. The van der Waals surface area contributed by atoms with Crippen LogP contribution in [-0.2, 0) is 0 Å². The molecule has 3 heteroatoms. The predicted octanol–water partition coefficient (Wildman–Crippen LogP) is 3.71. The van der Waals surface area contributed by atoms with Gasteiger partial charge < -0.3 is 10.1 Å². The summed E-state index contributed by atoms with van der Waals surface area (Å²) in [4.78, 5) is 4.37. The van der Waals surface area contributed by atoms with Crippen LogP contribution in [0.15, 0.2) is 18.3 Å². The molecule has 1 aromatic rings. The van der Waals surface area contributed by atoms with Gasteiger partial charge in [0, 0.05) is 18.3 Å². The van der Waals surface area contributed by atoms with Crippen LogP contribution in [0.25, 0.3) is 0 Å². The molecule has 0 amide bonds. The lowest BCUT2D eigenvalue weighted by Crippen LogP contribution is -2.30. The molecule has 1 aliphatic carbocycles. The van der Waals surface area contributed by atoms with E-state index in [2.05, 4.69) is 30.2 Å². The van der Waals surface area contributed by atoms with Crippen molar-refractivity contribution in [3.63, 3.8) is 0 Å². The Kier molecular flexibility index (Phi) is 5.20. The average molecular weight is 262 g/mol. The molecule has 1 fully saturated rings. The zero-order chi connectivity index (χ0) is 13.7. The Balaban J connectivity index is 2.05. The lowest BCUT2D eigenvalue weighted by atomic mass is 9.85. The first kappa shape index (κ1) is 14.3. The van der Waals surface area contributed by atoms with Crippen LogP contribution in [0, 0.1) is 5.92 Å². The quantitative estimate of drug-likeness (QED) is 0.878. The minimum atomic E-state index is 0.332. The third kappa shape index (κ3) is 3.69. The normalized spacial score (nSPS) is 25.0. The molecule has 1 aliphatic rings. The molecule has 106 valence electrons. The summed E-state index contributed by atoms with van der Waals surface area (Å²) in [6.07, 6.45) is 8.52. The Morgan fingerprint density at radius 2 is 2.21 bits per heavy atom. The van der Waals surface area contributed by atoms with Gasteiger partial charge in [0.1, 0.15) is 6.10 Å². The second kappa shape index (κ2) is 6.90. The molecule has 0 aliphatic heterocycles. The summed E-state index contributed by atoms with van der Waals surface area (Å²) in [7, 11) is 1.97. The fourth-order valence-electron chi connectivity index (χ4n) is 2.88. The molecular weight excluding hydrogens is 236 g/mol. The lowest BCUT2D eigenvalue weighted by Gasteiger charge is -2.30. The molecule has 0 radical (unpaired) electrons. The SMILES string of the molecule is CCC1CCCCC1Oc1cc(C(C)NC)ccn1. The fourth-order valence-corrected chi connectivity index (χ4v) is 2.88. The molecule has 19 heavy (non-hydrogen) atoms. The van der Waals surface area contributed by atoms with Crippen molar-refractivity contribution in [2.45, 2.75) is 58.1 Å². The van der Waals surface area contributed by atoms with Crippen LogP contribution in [0.4, 0.5) is 0 Å². The van der Waals surface area contributed by atoms with E-state index >= 15 is 0 Å². The highest BCUT2D eigenvalue weighted by Crippen LogP contribution is 2.30. The second-order valence-corrected chi connectivity index (χ2v) is 5.55. The smallest absolute Gasteiger partial charge is 0.213 e. The third-order valence-electron chi connectivity index (χ3n) is 4.33. The van der Waals surface area contributed by atoms with Crippen LogP contribution in [0.2, 0.25) is 0 Å². The summed E-state index contributed by atoms with van der Waals surface area (Å²) in [5, 5.41) is 3.25. The van der Waals surface area contributed by atoms with Gasteiger partial charge in [-0.1, -0.05) is 13.3 Å². The van der Waals surface area contributed by atoms with Crippen LogP contribution in [0.3, 0.4) is 0 Å². The zero-order valence-corrected chi connectivity index (χ0v) is 12.4. The minimum absolute atomic E-state index is 0.332. The van der Waals surface area contributed by atoms with Crippen molar-refractivity contribution in [2.75, 3.05) is 7.05 Å². The van der Waals surface area contributed by atoms with Gasteiger partial charge in [0.15, 0.2) is 0 Å². The molecule has 3 nitrogen and oxygen atoms in total. The largest absolute Gasteiger partial charge is 0.474 e. The molecule has 1 heterocycles. The van der Waals surface area contributed by atoms with Crippen LogP contribution in [-0.4, -0.2) is 18.1 Å². The van der Waals surface area contributed by atoms with E-state index in [-0.39, 0.29) is 0 Å². The van der Waals surface area contributed by atoms with Gasteiger partial charge in [-0.15, -0.1) is 0 Å². The van der Waals surface area contributed by atoms with Crippen molar-refractivity contribution in [1.82, 2.24) is 10.3 Å². The Labute approximate surface area is 116 Å². The maximum absolute atomic E-state index is 6.16. The third-order valence-corrected chi connectivity index (χ3v) is 4.33. The first-order valence-corrected chi connectivity index (χ1v) is 7.54. The van der Waals surface area contributed by atoms with Gasteiger partial charge >= 0.3 is 0 Å². The summed E-state index contributed by atoms with van der Waals surface area (Å²) >= 11 is 0. The van der Waals surface area contributed by atoms with Crippen molar-refractivity contribution in [1.29, 1.82) is 0 Å². The van der Waals surface area contributed by atoms with E-state index in [0.717, 1.165) is 5.88 Å². The summed E-state index contributed by atoms with van der Waals surface area (Å²) < 4.78 is 6.16. The van der Waals surface area contributed by atoms with Gasteiger partial charge in [0.05, 0.1) is 0 Å². The van der Waals surface area contributed by atoms with Crippen molar-refractivity contribution in [3.05, 3.63) is 23.9 Å². The number of aromatic nitrogens is 1. The van der Waals surface area contributed by atoms with Crippen molar-refractivity contribution in [2.24, 2.45) is 5.92 Å². The van der Waals surface area contributed by atoms with Crippen LogP contribution >= 0.6 is 0 Å². The van der Waals surface area contributed by atoms with Gasteiger partial charge in [-0.05, 0) is 57.2 Å². The van der Waals surface area contributed by atoms with Gasteiger partial charge in [-0.2, -0.15) is 0 Å². The number of ether oxygens (including phenoxy) is 1. The number of pyridine rings is 1. The molecule has 3 atom stereocenters. The lowest BCUT2D eigenvalue weighted by molar-refractivity contribution is 0.0857. The molecule has 0 bridgehead atoms. The number of nitrogens with zero attached hydrogens (tertiary/aromatic N) is 1. The minimum Gasteiger partial charge on any atom is -0.474 e. The van der Waals surface area contributed by atoms with Gasteiger partial charge in [-0.3, -0.25) is 0 Å². The van der Waals surface area contributed by atoms with E-state index in [1.165, 1.54) is 37.7 Å². The molecule has 0 spiro atoms.